The van der Waals surface area contributed by atoms with Crippen LogP contribution in [0.3, 0.4) is 0 Å². The minimum absolute atomic E-state index is 0.533. The number of ether oxygens (including phenoxy) is 1. The smallest absolute Gasteiger partial charge is 0.146 e. The van der Waals surface area contributed by atoms with E-state index in [-0.39, 0.29) is 0 Å². The molecule has 1 heterocycles. The highest BCUT2D eigenvalue weighted by Crippen LogP contribution is 2.20. The van der Waals surface area contributed by atoms with Crippen molar-refractivity contribution < 1.29 is 4.74 Å². The first-order valence-corrected chi connectivity index (χ1v) is 5.78. The Kier molecular flexibility index (Phi) is 3.90. The fourth-order valence-corrected chi connectivity index (χ4v) is 1.72. The summed E-state index contributed by atoms with van der Waals surface area (Å²) in [6.07, 6.45) is 1.01. The number of pyridine rings is 1. The fourth-order valence-electron chi connectivity index (χ4n) is 1.72. The Balaban J connectivity index is 2.32. The number of fused-ring (bicyclic) bond motifs is 1. The molecule has 1 aromatic carbocycles. The lowest BCUT2D eigenvalue weighted by Crippen LogP contribution is -2.12. The van der Waals surface area contributed by atoms with E-state index in [9.17, 15) is 0 Å². The number of nitrogens with zero attached hydrogens (tertiary/aromatic N) is 1. The first kappa shape index (κ1) is 11.8. The van der Waals surface area contributed by atoms with E-state index < -0.39 is 0 Å². The quantitative estimate of drug-likeness (QED) is 0.471. The van der Waals surface area contributed by atoms with Gasteiger partial charge in [-0.05, 0) is 18.6 Å². The standard InChI is InChI=1S/C13H17N3O/c1-2-7-17-9-11-8-10-5-3-4-6-12(10)15-13(11)16-14/h3-6,8H,2,7,9,14H2,1H3,(H,15,16). The first-order chi connectivity index (χ1) is 8.35. The lowest BCUT2D eigenvalue weighted by atomic mass is 10.1. The number of nitrogens with one attached hydrogen (secondary N) is 1. The molecule has 3 N–H and O–H groups in total. The van der Waals surface area contributed by atoms with Gasteiger partial charge in [0.1, 0.15) is 5.82 Å². The molecule has 0 atom stereocenters. The maximum atomic E-state index is 5.52. The van der Waals surface area contributed by atoms with Crippen LogP contribution < -0.4 is 11.3 Å². The molecule has 4 nitrogen and oxygen atoms in total. The summed E-state index contributed by atoms with van der Waals surface area (Å²) in [5, 5.41) is 1.10. The largest absolute Gasteiger partial charge is 0.377 e. The molecule has 0 bridgehead atoms. The molecule has 2 aromatic rings. The molecule has 0 unspecified atom stereocenters. The monoisotopic (exact) mass is 231 g/mol. The highest BCUT2D eigenvalue weighted by Gasteiger charge is 2.05. The van der Waals surface area contributed by atoms with Gasteiger partial charge in [-0.25, -0.2) is 10.8 Å². The van der Waals surface area contributed by atoms with E-state index in [1.807, 2.05) is 24.3 Å². The number of hydrogen-bond acceptors (Lipinski definition) is 4. The SMILES string of the molecule is CCCOCc1cc2ccccc2nc1NN. The van der Waals surface area contributed by atoms with Gasteiger partial charge in [-0.1, -0.05) is 25.1 Å². The first-order valence-electron chi connectivity index (χ1n) is 5.78. The van der Waals surface area contributed by atoms with Crippen molar-refractivity contribution in [2.24, 2.45) is 5.84 Å². The van der Waals surface area contributed by atoms with E-state index in [1.165, 1.54) is 0 Å². The Morgan fingerprint density at radius 3 is 2.94 bits per heavy atom. The zero-order chi connectivity index (χ0) is 12.1. The molecule has 0 saturated carbocycles. The van der Waals surface area contributed by atoms with Crippen LogP contribution in [0.5, 0.6) is 0 Å². The van der Waals surface area contributed by atoms with Gasteiger partial charge < -0.3 is 10.2 Å². The molecule has 90 valence electrons. The second kappa shape index (κ2) is 5.61. The zero-order valence-electron chi connectivity index (χ0n) is 9.94. The van der Waals surface area contributed by atoms with E-state index >= 15 is 0 Å². The number of para-hydroxylation sites is 1. The van der Waals surface area contributed by atoms with Gasteiger partial charge in [-0.2, -0.15) is 0 Å². The predicted molar refractivity (Wildman–Crippen MR) is 69.5 cm³/mol. The molecule has 0 aliphatic heterocycles. The van der Waals surface area contributed by atoms with Gasteiger partial charge >= 0.3 is 0 Å². The molecule has 2 rings (SSSR count). The summed E-state index contributed by atoms with van der Waals surface area (Å²) in [7, 11) is 0. The summed E-state index contributed by atoms with van der Waals surface area (Å²) in [5.41, 5.74) is 4.54. The highest BCUT2D eigenvalue weighted by molar-refractivity contribution is 5.81. The van der Waals surface area contributed by atoms with Crippen LogP contribution in [0.25, 0.3) is 10.9 Å². The van der Waals surface area contributed by atoms with Gasteiger partial charge in [0.25, 0.3) is 0 Å². The van der Waals surface area contributed by atoms with Crippen molar-refractivity contribution in [1.82, 2.24) is 4.98 Å². The Bertz CT molecular complexity index is 499. The van der Waals surface area contributed by atoms with Crippen molar-refractivity contribution in [2.45, 2.75) is 20.0 Å². The number of hydrazine groups is 1. The minimum atomic E-state index is 0.533. The van der Waals surface area contributed by atoms with Crippen molar-refractivity contribution >= 4 is 16.7 Å². The van der Waals surface area contributed by atoms with Crippen LogP contribution in [0, 0.1) is 0 Å². The molecule has 0 radical (unpaired) electrons. The van der Waals surface area contributed by atoms with Gasteiger partial charge in [-0.3, -0.25) is 0 Å². The normalized spacial score (nSPS) is 10.7. The maximum Gasteiger partial charge on any atom is 0.146 e. The number of rotatable bonds is 5. The molecule has 0 aliphatic rings. The second-order valence-corrected chi connectivity index (χ2v) is 3.89. The van der Waals surface area contributed by atoms with Crippen LogP contribution >= 0.6 is 0 Å². The highest BCUT2D eigenvalue weighted by atomic mass is 16.5. The molecule has 0 amide bonds. The Morgan fingerprint density at radius 1 is 1.35 bits per heavy atom. The lowest BCUT2D eigenvalue weighted by Gasteiger charge is -2.10. The average Bonchev–Trinajstić information content (AvgIpc) is 2.38. The topological polar surface area (TPSA) is 60.2 Å². The third-order valence-corrected chi connectivity index (χ3v) is 2.55. The number of aromatic nitrogens is 1. The average molecular weight is 231 g/mol. The van der Waals surface area contributed by atoms with Crippen molar-refractivity contribution in [3.63, 3.8) is 0 Å². The van der Waals surface area contributed by atoms with E-state index in [0.717, 1.165) is 29.5 Å². The molecular weight excluding hydrogens is 214 g/mol. The Morgan fingerprint density at radius 2 is 2.18 bits per heavy atom. The van der Waals surface area contributed by atoms with E-state index in [1.54, 1.807) is 0 Å². The molecule has 0 aliphatic carbocycles. The molecule has 4 heteroatoms. The predicted octanol–water partition coefficient (Wildman–Crippen LogP) is 2.45. The van der Waals surface area contributed by atoms with Gasteiger partial charge in [0.2, 0.25) is 0 Å². The van der Waals surface area contributed by atoms with Gasteiger partial charge in [0, 0.05) is 17.6 Å². The summed E-state index contributed by atoms with van der Waals surface area (Å²) in [6, 6.07) is 10.0. The third kappa shape index (κ3) is 2.72. The van der Waals surface area contributed by atoms with E-state index in [2.05, 4.69) is 23.4 Å². The van der Waals surface area contributed by atoms with Crippen LogP contribution in [0.1, 0.15) is 18.9 Å². The number of nitrogens with two attached hydrogens (primary N) is 1. The van der Waals surface area contributed by atoms with Crippen molar-refractivity contribution in [2.75, 3.05) is 12.0 Å². The second-order valence-electron chi connectivity index (χ2n) is 3.89. The van der Waals surface area contributed by atoms with E-state index in [4.69, 9.17) is 10.6 Å². The Hall–Kier alpha value is -1.65. The van der Waals surface area contributed by atoms with Crippen LogP contribution in [-0.2, 0) is 11.3 Å². The lowest BCUT2D eigenvalue weighted by molar-refractivity contribution is 0.122. The summed E-state index contributed by atoms with van der Waals surface area (Å²) >= 11 is 0. The van der Waals surface area contributed by atoms with Gasteiger partial charge in [0.05, 0.1) is 12.1 Å². The fraction of sp³-hybridized carbons (Fsp3) is 0.308. The summed E-state index contributed by atoms with van der Waals surface area (Å²) in [4.78, 5) is 4.46. The maximum absolute atomic E-state index is 5.52. The number of anilines is 1. The van der Waals surface area contributed by atoms with Crippen molar-refractivity contribution in [1.29, 1.82) is 0 Å². The molecule has 0 fully saturated rings. The summed E-state index contributed by atoms with van der Waals surface area (Å²) in [5.74, 6) is 6.16. The van der Waals surface area contributed by atoms with Crippen LogP contribution in [0.4, 0.5) is 5.82 Å². The zero-order valence-corrected chi connectivity index (χ0v) is 9.94. The molecule has 1 aromatic heterocycles. The van der Waals surface area contributed by atoms with Crippen LogP contribution in [0.2, 0.25) is 0 Å². The number of hydrogen-bond donors (Lipinski definition) is 2. The molecule has 0 spiro atoms. The van der Waals surface area contributed by atoms with Crippen molar-refractivity contribution in [3.8, 4) is 0 Å². The molecule has 17 heavy (non-hydrogen) atoms. The summed E-state index contributed by atoms with van der Waals surface area (Å²) < 4.78 is 5.52. The minimum Gasteiger partial charge on any atom is -0.377 e. The third-order valence-electron chi connectivity index (χ3n) is 2.55. The summed E-state index contributed by atoms with van der Waals surface area (Å²) in [6.45, 7) is 3.36. The van der Waals surface area contributed by atoms with E-state index in [0.29, 0.717) is 12.4 Å². The number of nitrogen functional groups attached to an aromatic ring is 1. The number of benzene rings is 1. The Labute approximate surface area is 101 Å². The van der Waals surface area contributed by atoms with Crippen LogP contribution in [-0.4, -0.2) is 11.6 Å². The van der Waals surface area contributed by atoms with Gasteiger partial charge in [-0.15, -0.1) is 0 Å². The van der Waals surface area contributed by atoms with Gasteiger partial charge in [0.15, 0.2) is 0 Å². The van der Waals surface area contributed by atoms with Crippen molar-refractivity contribution in [3.05, 3.63) is 35.9 Å². The molecular formula is C13H17N3O. The van der Waals surface area contributed by atoms with Crippen LogP contribution in [0.15, 0.2) is 30.3 Å². The molecule has 0 saturated heterocycles.